The fraction of sp³-hybridized carbons (Fsp3) is 0.455. The fourth-order valence-electron chi connectivity index (χ4n) is 1.59. The van der Waals surface area contributed by atoms with Crippen LogP contribution in [0.25, 0.3) is 0 Å². The number of nitrogens with two attached hydrogens (primary N) is 1. The average Bonchev–Trinajstić information content (AvgIpc) is 2.38. The summed E-state index contributed by atoms with van der Waals surface area (Å²) in [6.45, 7) is 0.688. The number of sulfonamides is 2. The van der Waals surface area contributed by atoms with Gasteiger partial charge in [-0.2, -0.15) is 0 Å². The Labute approximate surface area is 125 Å². The molecule has 0 fully saturated rings. The van der Waals surface area contributed by atoms with Gasteiger partial charge in [0.15, 0.2) is 0 Å². The maximum Gasteiger partial charge on any atom is 0.242 e. The maximum absolute atomic E-state index is 11.9. The number of nitrogens with one attached hydrogen (secondary N) is 3. The molecule has 0 heterocycles. The second-order valence-corrected chi connectivity index (χ2v) is 8.10. The molecule has 21 heavy (non-hydrogen) atoms. The second-order valence-electron chi connectivity index (χ2n) is 4.41. The lowest BCUT2D eigenvalue weighted by atomic mass is 10.3. The number of benzene rings is 1. The first-order valence-corrected chi connectivity index (χ1v) is 9.55. The predicted molar refractivity (Wildman–Crippen MR) is 83.1 cm³/mol. The third-order valence-corrected chi connectivity index (χ3v) is 4.78. The zero-order chi connectivity index (χ0) is 16.1. The van der Waals surface area contributed by atoms with E-state index < -0.39 is 20.0 Å². The van der Waals surface area contributed by atoms with Crippen molar-refractivity contribution in [1.29, 1.82) is 0 Å². The Morgan fingerprint density at radius 3 is 2.38 bits per heavy atom. The molecule has 0 radical (unpaired) electrons. The minimum Gasteiger partial charge on any atom is -0.399 e. The zero-order valence-electron chi connectivity index (χ0n) is 11.9. The van der Waals surface area contributed by atoms with Gasteiger partial charge >= 0.3 is 0 Å². The SMILES string of the molecule is CNS(=O)(=O)c1cc(N)ccc1NCCCNS(C)(=O)=O. The molecule has 0 saturated carbocycles. The van der Waals surface area contributed by atoms with Gasteiger partial charge in [-0.25, -0.2) is 26.3 Å². The maximum atomic E-state index is 11.9. The molecule has 0 unspecified atom stereocenters. The van der Waals surface area contributed by atoms with Crippen molar-refractivity contribution in [2.75, 3.05) is 37.4 Å². The molecule has 8 nitrogen and oxygen atoms in total. The molecule has 5 N–H and O–H groups in total. The minimum absolute atomic E-state index is 0.0565. The minimum atomic E-state index is -3.62. The number of rotatable bonds is 8. The highest BCUT2D eigenvalue weighted by Crippen LogP contribution is 2.23. The molecule has 1 rings (SSSR count). The van der Waals surface area contributed by atoms with Crippen LogP contribution in [-0.4, -0.2) is 43.2 Å². The first-order chi connectivity index (χ1) is 9.65. The van der Waals surface area contributed by atoms with Crippen LogP contribution in [0.1, 0.15) is 6.42 Å². The highest BCUT2D eigenvalue weighted by atomic mass is 32.2. The first-order valence-electron chi connectivity index (χ1n) is 6.17. The molecule has 0 saturated heterocycles. The molecule has 0 aliphatic heterocycles. The zero-order valence-corrected chi connectivity index (χ0v) is 13.5. The summed E-state index contributed by atoms with van der Waals surface area (Å²) in [6.07, 6.45) is 1.59. The van der Waals surface area contributed by atoms with Crippen molar-refractivity contribution in [3.63, 3.8) is 0 Å². The van der Waals surface area contributed by atoms with Crippen LogP contribution in [-0.2, 0) is 20.0 Å². The summed E-state index contributed by atoms with van der Waals surface area (Å²) in [5, 5.41) is 2.96. The number of anilines is 2. The number of nitrogen functional groups attached to an aromatic ring is 1. The first kappa shape index (κ1) is 17.7. The van der Waals surface area contributed by atoms with E-state index in [1.807, 2.05) is 0 Å². The summed E-state index contributed by atoms with van der Waals surface area (Å²) >= 11 is 0. The van der Waals surface area contributed by atoms with Crippen LogP contribution in [0.3, 0.4) is 0 Å². The fourth-order valence-corrected chi connectivity index (χ4v) is 3.04. The molecule has 120 valence electrons. The summed E-state index contributed by atoms with van der Waals surface area (Å²) in [5.74, 6) is 0. The lowest BCUT2D eigenvalue weighted by Gasteiger charge is -2.13. The highest BCUT2D eigenvalue weighted by Gasteiger charge is 2.16. The summed E-state index contributed by atoms with van der Waals surface area (Å²) in [5.41, 5.74) is 6.36. The van der Waals surface area contributed by atoms with E-state index in [9.17, 15) is 16.8 Å². The van der Waals surface area contributed by atoms with Gasteiger partial charge in [0.05, 0.1) is 11.9 Å². The van der Waals surface area contributed by atoms with Crippen molar-refractivity contribution in [3.8, 4) is 0 Å². The molecular weight excluding hydrogens is 316 g/mol. The Hall–Kier alpha value is -1.36. The van der Waals surface area contributed by atoms with Crippen LogP contribution in [0.5, 0.6) is 0 Å². The third kappa shape index (κ3) is 5.87. The molecular formula is C11H20N4O4S2. The lowest BCUT2D eigenvalue weighted by molar-refractivity contribution is 0.586. The Bertz CT molecular complexity index is 686. The van der Waals surface area contributed by atoms with Gasteiger partial charge in [0.1, 0.15) is 4.90 Å². The lowest BCUT2D eigenvalue weighted by Crippen LogP contribution is -2.25. The van der Waals surface area contributed by atoms with Gasteiger partial charge in [0.2, 0.25) is 20.0 Å². The van der Waals surface area contributed by atoms with Gasteiger partial charge in [0.25, 0.3) is 0 Å². The molecule has 0 atom stereocenters. The van der Waals surface area contributed by atoms with Crippen LogP contribution in [0.4, 0.5) is 11.4 Å². The van der Waals surface area contributed by atoms with Crippen LogP contribution in [0.15, 0.2) is 23.1 Å². The van der Waals surface area contributed by atoms with Crippen LogP contribution < -0.4 is 20.5 Å². The summed E-state index contributed by atoms with van der Waals surface area (Å²) in [7, 11) is -5.51. The number of hydrogen-bond donors (Lipinski definition) is 4. The van der Waals surface area contributed by atoms with Gasteiger partial charge < -0.3 is 11.1 Å². The smallest absolute Gasteiger partial charge is 0.242 e. The van der Waals surface area contributed by atoms with E-state index in [2.05, 4.69) is 14.8 Å². The van der Waals surface area contributed by atoms with Gasteiger partial charge in [-0.1, -0.05) is 0 Å². The van der Waals surface area contributed by atoms with Crippen molar-refractivity contribution in [2.45, 2.75) is 11.3 Å². The molecule has 0 aliphatic carbocycles. The molecule has 1 aromatic rings. The topological polar surface area (TPSA) is 130 Å². The standard InChI is InChI=1S/C11H20N4O4S2/c1-13-21(18,19)11-8-9(12)4-5-10(11)14-6-3-7-15-20(2,16)17/h4-5,8,13-15H,3,6-7,12H2,1-2H3. The highest BCUT2D eigenvalue weighted by molar-refractivity contribution is 7.89. The summed E-state index contributed by atoms with van der Waals surface area (Å²) < 4.78 is 50.2. The van der Waals surface area contributed by atoms with Gasteiger partial charge in [0, 0.05) is 18.8 Å². The predicted octanol–water partition coefficient (Wildman–Crippen LogP) is -0.472. The van der Waals surface area contributed by atoms with E-state index in [1.165, 1.54) is 13.1 Å². The van der Waals surface area contributed by atoms with Gasteiger partial charge in [-0.15, -0.1) is 0 Å². The van der Waals surface area contributed by atoms with E-state index in [-0.39, 0.29) is 11.4 Å². The molecule has 10 heteroatoms. The van der Waals surface area contributed by atoms with Crippen molar-refractivity contribution in [2.24, 2.45) is 0 Å². The molecule has 1 aromatic carbocycles. The Morgan fingerprint density at radius 2 is 1.81 bits per heavy atom. The van der Waals surface area contributed by atoms with Crippen molar-refractivity contribution < 1.29 is 16.8 Å². The second kappa shape index (κ2) is 7.07. The molecule has 0 spiro atoms. The van der Waals surface area contributed by atoms with Crippen molar-refractivity contribution in [3.05, 3.63) is 18.2 Å². The average molecular weight is 336 g/mol. The van der Waals surface area contributed by atoms with Crippen molar-refractivity contribution >= 4 is 31.4 Å². The normalized spacial score (nSPS) is 12.3. The summed E-state index contributed by atoms with van der Waals surface area (Å²) in [6, 6.07) is 4.53. The molecule has 0 aromatic heterocycles. The van der Waals surface area contributed by atoms with Gasteiger partial charge in [-0.05, 0) is 31.7 Å². The molecule has 0 bridgehead atoms. The third-order valence-electron chi connectivity index (χ3n) is 2.60. The Kier molecular flexibility index (Phi) is 5.96. The van der Waals surface area contributed by atoms with Gasteiger partial charge in [-0.3, -0.25) is 0 Å². The molecule has 0 amide bonds. The Balaban J connectivity index is 2.72. The quantitative estimate of drug-likeness (QED) is 0.375. The summed E-state index contributed by atoms with van der Waals surface area (Å²) in [4.78, 5) is 0.0565. The van der Waals surface area contributed by atoms with E-state index in [1.54, 1.807) is 12.1 Å². The van der Waals surface area contributed by atoms with E-state index in [0.717, 1.165) is 6.26 Å². The Morgan fingerprint density at radius 1 is 1.14 bits per heavy atom. The molecule has 0 aliphatic rings. The van der Waals surface area contributed by atoms with Crippen LogP contribution in [0, 0.1) is 0 Å². The van der Waals surface area contributed by atoms with Crippen LogP contribution in [0.2, 0.25) is 0 Å². The van der Waals surface area contributed by atoms with Crippen molar-refractivity contribution in [1.82, 2.24) is 9.44 Å². The van der Waals surface area contributed by atoms with E-state index in [0.29, 0.717) is 24.3 Å². The number of hydrogen-bond acceptors (Lipinski definition) is 6. The largest absolute Gasteiger partial charge is 0.399 e. The van der Waals surface area contributed by atoms with Crippen LogP contribution >= 0.6 is 0 Å². The monoisotopic (exact) mass is 336 g/mol. The van der Waals surface area contributed by atoms with E-state index >= 15 is 0 Å². The van der Waals surface area contributed by atoms with E-state index in [4.69, 9.17) is 5.73 Å².